The van der Waals surface area contributed by atoms with Gasteiger partial charge in [0.15, 0.2) is 0 Å². The van der Waals surface area contributed by atoms with Gasteiger partial charge in [0.05, 0.1) is 5.01 Å². The zero-order valence-corrected chi connectivity index (χ0v) is 12.5. The molecule has 1 saturated carbocycles. The number of carbonyl (C=O) groups excluding carboxylic acids is 2. The van der Waals surface area contributed by atoms with Gasteiger partial charge >= 0.3 is 0 Å². The van der Waals surface area contributed by atoms with Gasteiger partial charge in [-0.1, -0.05) is 6.92 Å². The van der Waals surface area contributed by atoms with E-state index in [1.165, 1.54) is 0 Å². The second kappa shape index (κ2) is 5.16. The maximum Gasteiger partial charge on any atom is 0.246 e. The molecular formula is C14H19N3O2S. The Hall–Kier alpha value is -1.43. The molecule has 3 atom stereocenters. The lowest BCUT2D eigenvalue weighted by Gasteiger charge is -2.38. The molecule has 0 spiro atoms. The van der Waals surface area contributed by atoms with Gasteiger partial charge in [-0.05, 0) is 25.7 Å². The fourth-order valence-corrected chi connectivity index (χ4v) is 3.38. The smallest absolute Gasteiger partial charge is 0.246 e. The standard InChI is InChI=1S/C14H19N3O2S/c1-8(13-15-5-6-20-13)7-17-9(2)12(18)16-11(14(17)19)10-3-4-10/h5-6,8-11H,3-4,7H2,1-2H3,(H,16,18). The molecule has 6 heteroatoms. The van der Waals surface area contributed by atoms with Crippen LogP contribution in [0.5, 0.6) is 0 Å². The van der Waals surface area contributed by atoms with Crippen molar-refractivity contribution in [3.8, 4) is 0 Å². The first-order chi connectivity index (χ1) is 9.58. The lowest BCUT2D eigenvalue weighted by atomic mass is 10.0. The Morgan fingerprint density at radius 3 is 2.85 bits per heavy atom. The van der Waals surface area contributed by atoms with Crippen LogP contribution in [0.15, 0.2) is 11.6 Å². The monoisotopic (exact) mass is 293 g/mol. The molecule has 2 aliphatic rings. The molecule has 108 valence electrons. The minimum atomic E-state index is -0.389. The SMILES string of the molecule is CC(CN1C(=O)C(C2CC2)NC(=O)C1C)c1nccs1. The van der Waals surface area contributed by atoms with E-state index in [1.807, 2.05) is 5.38 Å². The second-order valence-electron chi connectivity index (χ2n) is 5.76. The van der Waals surface area contributed by atoms with Crippen LogP contribution in [-0.2, 0) is 9.59 Å². The predicted molar refractivity (Wildman–Crippen MR) is 76.4 cm³/mol. The Bertz CT molecular complexity index is 512. The molecule has 3 rings (SSSR count). The number of hydrogen-bond acceptors (Lipinski definition) is 4. The number of amides is 2. The molecule has 2 fully saturated rings. The lowest BCUT2D eigenvalue weighted by Crippen LogP contribution is -2.63. The molecule has 0 radical (unpaired) electrons. The summed E-state index contributed by atoms with van der Waals surface area (Å²) in [4.78, 5) is 30.6. The summed E-state index contributed by atoms with van der Waals surface area (Å²) in [6.07, 6.45) is 3.86. The van der Waals surface area contributed by atoms with Crippen LogP contribution in [-0.4, -0.2) is 40.3 Å². The van der Waals surface area contributed by atoms with E-state index in [0.29, 0.717) is 12.5 Å². The van der Waals surface area contributed by atoms with E-state index in [1.54, 1.807) is 29.4 Å². The Kier molecular flexibility index (Phi) is 3.50. The molecular weight excluding hydrogens is 274 g/mol. The molecule has 5 nitrogen and oxygen atoms in total. The Balaban J connectivity index is 1.75. The van der Waals surface area contributed by atoms with Crippen LogP contribution in [0.3, 0.4) is 0 Å². The Labute approximate surface area is 122 Å². The molecule has 2 amide bonds. The number of nitrogens with one attached hydrogen (secondary N) is 1. The number of thiazole rings is 1. The van der Waals surface area contributed by atoms with Crippen molar-refractivity contribution in [2.75, 3.05) is 6.54 Å². The van der Waals surface area contributed by atoms with E-state index in [2.05, 4.69) is 17.2 Å². The van der Waals surface area contributed by atoms with Crippen LogP contribution in [0.1, 0.15) is 37.6 Å². The lowest BCUT2D eigenvalue weighted by molar-refractivity contribution is -0.149. The van der Waals surface area contributed by atoms with Gasteiger partial charge in [0.25, 0.3) is 0 Å². The van der Waals surface area contributed by atoms with Crippen LogP contribution in [0, 0.1) is 5.92 Å². The molecule has 3 unspecified atom stereocenters. The van der Waals surface area contributed by atoms with Gasteiger partial charge in [0, 0.05) is 24.0 Å². The normalized spacial score (nSPS) is 28.4. The van der Waals surface area contributed by atoms with Crippen LogP contribution >= 0.6 is 11.3 Å². The number of rotatable bonds is 4. The van der Waals surface area contributed by atoms with Gasteiger partial charge in [-0.2, -0.15) is 0 Å². The van der Waals surface area contributed by atoms with Crippen molar-refractivity contribution < 1.29 is 9.59 Å². The van der Waals surface area contributed by atoms with Crippen LogP contribution < -0.4 is 5.32 Å². The number of piperazine rings is 1. The number of aromatic nitrogens is 1. The first kappa shape index (κ1) is 13.5. The minimum Gasteiger partial charge on any atom is -0.342 e. The zero-order chi connectivity index (χ0) is 14.3. The average Bonchev–Trinajstić information content (AvgIpc) is 3.12. The third-order valence-corrected chi connectivity index (χ3v) is 5.14. The molecule has 0 aromatic carbocycles. The zero-order valence-electron chi connectivity index (χ0n) is 11.7. The van der Waals surface area contributed by atoms with Gasteiger partial charge in [0.1, 0.15) is 12.1 Å². The highest BCUT2D eigenvalue weighted by atomic mass is 32.1. The summed E-state index contributed by atoms with van der Waals surface area (Å²) in [5, 5.41) is 5.82. The van der Waals surface area contributed by atoms with Crippen molar-refractivity contribution in [2.24, 2.45) is 5.92 Å². The molecule has 0 bridgehead atoms. The van der Waals surface area contributed by atoms with E-state index in [-0.39, 0.29) is 29.8 Å². The summed E-state index contributed by atoms with van der Waals surface area (Å²) in [5.41, 5.74) is 0. The van der Waals surface area contributed by atoms with E-state index < -0.39 is 0 Å². The second-order valence-corrected chi connectivity index (χ2v) is 6.69. The summed E-state index contributed by atoms with van der Waals surface area (Å²) >= 11 is 1.59. The van der Waals surface area contributed by atoms with Gasteiger partial charge in [0.2, 0.25) is 11.8 Å². The van der Waals surface area contributed by atoms with Gasteiger partial charge in [-0.15, -0.1) is 11.3 Å². The third kappa shape index (κ3) is 2.44. The Morgan fingerprint density at radius 1 is 1.50 bits per heavy atom. The summed E-state index contributed by atoms with van der Waals surface area (Å²) in [6.45, 7) is 4.41. The molecule has 1 aliphatic heterocycles. The van der Waals surface area contributed by atoms with Crippen molar-refractivity contribution in [3.63, 3.8) is 0 Å². The predicted octanol–water partition coefficient (Wildman–Crippen LogP) is 1.37. The highest BCUT2D eigenvalue weighted by molar-refractivity contribution is 7.09. The Morgan fingerprint density at radius 2 is 2.25 bits per heavy atom. The molecule has 20 heavy (non-hydrogen) atoms. The highest BCUT2D eigenvalue weighted by Gasteiger charge is 2.45. The molecule has 1 saturated heterocycles. The van der Waals surface area contributed by atoms with Gasteiger partial charge < -0.3 is 10.2 Å². The largest absolute Gasteiger partial charge is 0.342 e. The van der Waals surface area contributed by atoms with Gasteiger partial charge in [-0.3, -0.25) is 9.59 Å². The first-order valence-corrected chi connectivity index (χ1v) is 7.96. The fourth-order valence-electron chi connectivity index (χ4n) is 2.69. The van der Waals surface area contributed by atoms with Crippen LogP contribution in [0.2, 0.25) is 0 Å². The first-order valence-electron chi connectivity index (χ1n) is 7.08. The number of hydrogen-bond donors (Lipinski definition) is 1. The van der Waals surface area contributed by atoms with Crippen molar-refractivity contribution in [1.82, 2.24) is 15.2 Å². The average molecular weight is 293 g/mol. The van der Waals surface area contributed by atoms with E-state index in [4.69, 9.17) is 0 Å². The van der Waals surface area contributed by atoms with E-state index in [9.17, 15) is 9.59 Å². The summed E-state index contributed by atoms with van der Waals surface area (Å²) in [7, 11) is 0. The maximum atomic E-state index is 12.6. The fraction of sp³-hybridized carbons (Fsp3) is 0.643. The molecule has 1 N–H and O–H groups in total. The topological polar surface area (TPSA) is 62.3 Å². The van der Waals surface area contributed by atoms with Crippen LogP contribution in [0.4, 0.5) is 0 Å². The van der Waals surface area contributed by atoms with Crippen molar-refractivity contribution in [3.05, 3.63) is 16.6 Å². The number of carbonyl (C=O) groups is 2. The van der Waals surface area contributed by atoms with Crippen molar-refractivity contribution >= 4 is 23.2 Å². The molecule has 1 aromatic rings. The van der Waals surface area contributed by atoms with E-state index in [0.717, 1.165) is 17.8 Å². The minimum absolute atomic E-state index is 0.0344. The van der Waals surface area contributed by atoms with Crippen LogP contribution in [0.25, 0.3) is 0 Å². The number of nitrogens with zero attached hydrogens (tertiary/aromatic N) is 2. The summed E-state index contributed by atoms with van der Waals surface area (Å²) in [5.74, 6) is 0.541. The summed E-state index contributed by atoms with van der Waals surface area (Å²) < 4.78 is 0. The molecule has 1 aromatic heterocycles. The quantitative estimate of drug-likeness (QED) is 0.912. The van der Waals surface area contributed by atoms with Gasteiger partial charge in [-0.25, -0.2) is 4.98 Å². The van der Waals surface area contributed by atoms with Crippen molar-refractivity contribution in [2.45, 2.75) is 44.7 Å². The molecule has 1 aliphatic carbocycles. The summed E-state index contributed by atoms with van der Waals surface area (Å²) in [6, 6.07) is -0.692. The maximum absolute atomic E-state index is 12.6. The van der Waals surface area contributed by atoms with E-state index >= 15 is 0 Å². The highest BCUT2D eigenvalue weighted by Crippen LogP contribution is 2.35. The molecule has 2 heterocycles. The third-order valence-electron chi connectivity index (χ3n) is 4.13. The van der Waals surface area contributed by atoms with Crippen molar-refractivity contribution in [1.29, 1.82) is 0 Å².